The lowest BCUT2D eigenvalue weighted by Crippen LogP contribution is -2.15. The van der Waals surface area contributed by atoms with Gasteiger partial charge in [-0.1, -0.05) is 52.3 Å². The summed E-state index contributed by atoms with van der Waals surface area (Å²) in [5.74, 6) is -0.197. The minimum atomic E-state index is -0.330. The van der Waals surface area contributed by atoms with Crippen LogP contribution < -0.4 is 5.73 Å². The summed E-state index contributed by atoms with van der Waals surface area (Å²) >= 11 is 3.48. The van der Waals surface area contributed by atoms with E-state index < -0.39 is 0 Å². The molecule has 0 fully saturated rings. The van der Waals surface area contributed by atoms with Gasteiger partial charge in [0.2, 0.25) is 0 Å². The quantitative estimate of drug-likeness (QED) is 0.906. The lowest BCUT2D eigenvalue weighted by Gasteiger charge is -2.15. The summed E-state index contributed by atoms with van der Waals surface area (Å²) in [6.07, 6.45) is 0.613. The first-order valence-corrected chi connectivity index (χ1v) is 6.63. The van der Waals surface area contributed by atoms with Crippen molar-refractivity contribution < 1.29 is 4.39 Å². The van der Waals surface area contributed by atoms with Crippen LogP contribution in [0, 0.1) is 12.7 Å². The Morgan fingerprint density at radius 1 is 1.17 bits per heavy atom. The second-order valence-electron chi connectivity index (χ2n) is 4.38. The van der Waals surface area contributed by atoms with E-state index in [1.165, 1.54) is 0 Å². The molecule has 0 amide bonds. The molecule has 0 aromatic heterocycles. The molecular formula is C15H15BrFN. The summed E-state index contributed by atoms with van der Waals surface area (Å²) in [6, 6.07) is 12.9. The van der Waals surface area contributed by atoms with E-state index in [-0.39, 0.29) is 11.9 Å². The molecule has 1 nitrogen and oxygen atoms in total. The average molecular weight is 308 g/mol. The summed E-state index contributed by atoms with van der Waals surface area (Å²) in [4.78, 5) is 0. The van der Waals surface area contributed by atoms with Crippen LogP contribution in [0.3, 0.4) is 0 Å². The van der Waals surface area contributed by atoms with Crippen molar-refractivity contribution in [2.24, 2.45) is 5.73 Å². The zero-order chi connectivity index (χ0) is 13.1. The van der Waals surface area contributed by atoms with Gasteiger partial charge < -0.3 is 5.73 Å². The van der Waals surface area contributed by atoms with E-state index in [4.69, 9.17) is 5.73 Å². The van der Waals surface area contributed by atoms with Gasteiger partial charge in [0.15, 0.2) is 0 Å². The van der Waals surface area contributed by atoms with Crippen LogP contribution in [0.1, 0.15) is 22.7 Å². The van der Waals surface area contributed by atoms with Gasteiger partial charge in [-0.25, -0.2) is 4.39 Å². The highest BCUT2D eigenvalue weighted by Gasteiger charge is 2.14. The van der Waals surface area contributed by atoms with Gasteiger partial charge in [-0.3, -0.25) is 0 Å². The molecule has 2 aromatic carbocycles. The zero-order valence-electron chi connectivity index (χ0n) is 10.2. The molecule has 0 saturated heterocycles. The van der Waals surface area contributed by atoms with Gasteiger partial charge in [-0.2, -0.15) is 0 Å². The minimum absolute atomic E-state index is 0.197. The Kier molecular flexibility index (Phi) is 4.15. The van der Waals surface area contributed by atoms with Crippen molar-refractivity contribution in [1.29, 1.82) is 0 Å². The van der Waals surface area contributed by atoms with Crippen molar-refractivity contribution in [3.8, 4) is 0 Å². The second kappa shape index (κ2) is 5.63. The van der Waals surface area contributed by atoms with E-state index in [1.807, 2.05) is 30.3 Å². The number of aryl methyl sites for hydroxylation is 1. The summed E-state index contributed by atoms with van der Waals surface area (Å²) < 4.78 is 15.0. The molecule has 2 rings (SSSR count). The largest absolute Gasteiger partial charge is 0.324 e. The summed E-state index contributed by atoms with van der Waals surface area (Å²) in [7, 11) is 0. The number of hydrogen-bond donors (Lipinski definition) is 1. The number of benzene rings is 2. The molecule has 1 atom stereocenters. The highest BCUT2D eigenvalue weighted by atomic mass is 79.9. The summed E-state index contributed by atoms with van der Waals surface area (Å²) in [5.41, 5.74) is 8.40. The predicted octanol–water partition coefficient (Wildman–Crippen LogP) is 4.14. The molecule has 0 saturated carbocycles. The fraction of sp³-hybridized carbons (Fsp3) is 0.200. The standard InChI is InChI=1S/C15H15BrFN/c1-10-5-4-7-12(15(10)17)14(18)9-11-6-2-3-8-13(11)16/h2-8,14H,9,18H2,1H3. The van der Waals surface area contributed by atoms with Gasteiger partial charge in [0.05, 0.1) is 0 Å². The molecule has 1 unspecified atom stereocenters. The van der Waals surface area contributed by atoms with Crippen LogP contribution in [0.25, 0.3) is 0 Å². The third-order valence-corrected chi connectivity index (χ3v) is 3.79. The fourth-order valence-corrected chi connectivity index (χ4v) is 2.41. The zero-order valence-corrected chi connectivity index (χ0v) is 11.7. The second-order valence-corrected chi connectivity index (χ2v) is 5.23. The molecule has 2 N–H and O–H groups in total. The Morgan fingerprint density at radius 2 is 1.89 bits per heavy atom. The van der Waals surface area contributed by atoms with Crippen molar-refractivity contribution in [2.75, 3.05) is 0 Å². The predicted molar refractivity (Wildman–Crippen MR) is 75.9 cm³/mol. The van der Waals surface area contributed by atoms with Gasteiger partial charge >= 0.3 is 0 Å². The molecule has 0 aliphatic carbocycles. The fourth-order valence-electron chi connectivity index (χ4n) is 1.97. The Morgan fingerprint density at radius 3 is 2.61 bits per heavy atom. The van der Waals surface area contributed by atoms with E-state index in [0.29, 0.717) is 17.5 Å². The number of hydrogen-bond acceptors (Lipinski definition) is 1. The topological polar surface area (TPSA) is 26.0 Å². The molecule has 0 aliphatic rings. The SMILES string of the molecule is Cc1cccc(C(N)Cc2ccccc2Br)c1F. The van der Waals surface area contributed by atoms with Gasteiger partial charge in [0.25, 0.3) is 0 Å². The highest BCUT2D eigenvalue weighted by molar-refractivity contribution is 9.10. The van der Waals surface area contributed by atoms with E-state index >= 15 is 0 Å². The van der Waals surface area contributed by atoms with Gasteiger partial charge in [-0.15, -0.1) is 0 Å². The Labute approximate surface area is 115 Å². The summed E-state index contributed by atoms with van der Waals surface area (Å²) in [6.45, 7) is 1.75. The average Bonchev–Trinajstić information content (AvgIpc) is 2.35. The molecule has 18 heavy (non-hydrogen) atoms. The lowest BCUT2D eigenvalue weighted by atomic mass is 9.98. The van der Waals surface area contributed by atoms with E-state index in [2.05, 4.69) is 15.9 Å². The van der Waals surface area contributed by atoms with E-state index in [0.717, 1.165) is 10.0 Å². The molecule has 0 spiro atoms. The number of rotatable bonds is 3. The van der Waals surface area contributed by atoms with Crippen LogP contribution in [0.4, 0.5) is 4.39 Å². The number of nitrogens with two attached hydrogens (primary N) is 1. The Hall–Kier alpha value is -1.19. The minimum Gasteiger partial charge on any atom is -0.324 e. The first-order chi connectivity index (χ1) is 8.59. The third-order valence-electron chi connectivity index (χ3n) is 3.02. The van der Waals surface area contributed by atoms with Crippen LogP contribution in [-0.4, -0.2) is 0 Å². The van der Waals surface area contributed by atoms with Gasteiger partial charge in [-0.05, 0) is 30.5 Å². The molecule has 0 radical (unpaired) electrons. The van der Waals surface area contributed by atoms with Crippen LogP contribution in [0.15, 0.2) is 46.9 Å². The van der Waals surface area contributed by atoms with Crippen molar-refractivity contribution in [2.45, 2.75) is 19.4 Å². The monoisotopic (exact) mass is 307 g/mol. The van der Waals surface area contributed by atoms with E-state index in [1.54, 1.807) is 19.1 Å². The van der Waals surface area contributed by atoms with Crippen LogP contribution >= 0.6 is 15.9 Å². The molecular weight excluding hydrogens is 293 g/mol. The smallest absolute Gasteiger partial charge is 0.130 e. The molecule has 0 aliphatic heterocycles. The first kappa shape index (κ1) is 13.2. The molecule has 94 valence electrons. The van der Waals surface area contributed by atoms with Crippen molar-refractivity contribution in [1.82, 2.24) is 0 Å². The molecule has 2 aromatic rings. The maximum absolute atomic E-state index is 14.0. The lowest BCUT2D eigenvalue weighted by molar-refractivity contribution is 0.572. The highest BCUT2D eigenvalue weighted by Crippen LogP contribution is 2.24. The first-order valence-electron chi connectivity index (χ1n) is 5.83. The molecule has 0 heterocycles. The van der Waals surface area contributed by atoms with Crippen molar-refractivity contribution in [3.63, 3.8) is 0 Å². The molecule has 0 bridgehead atoms. The van der Waals surface area contributed by atoms with Gasteiger partial charge in [0, 0.05) is 16.1 Å². The molecule has 3 heteroatoms. The Bertz CT molecular complexity index is 554. The third kappa shape index (κ3) is 2.79. The van der Waals surface area contributed by atoms with Crippen LogP contribution in [-0.2, 0) is 6.42 Å². The van der Waals surface area contributed by atoms with Crippen LogP contribution in [0.5, 0.6) is 0 Å². The van der Waals surface area contributed by atoms with E-state index in [9.17, 15) is 4.39 Å². The maximum atomic E-state index is 14.0. The maximum Gasteiger partial charge on any atom is 0.130 e. The number of halogens is 2. The van der Waals surface area contributed by atoms with Gasteiger partial charge in [0.1, 0.15) is 5.82 Å². The van der Waals surface area contributed by atoms with Crippen molar-refractivity contribution in [3.05, 3.63) is 69.4 Å². The Balaban J connectivity index is 2.25. The summed E-state index contributed by atoms with van der Waals surface area (Å²) in [5, 5.41) is 0. The van der Waals surface area contributed by atoms with Crippen LogP contribution in [0.2, 0.25) is 0 Å². The van der Waals surface area contributed by atoms with Crippen molar-refractivity contribution >= 4 is 15.9 Å². The normalized spacial score (nSPS) is 12.4.